The Balaban J connectivity index is 1.43. The number of hydrogen-bond donors (Lipinski definition) is 1. The Labute approximate surface area is 234 Å². The van der Waals surface area contributed by atoms with E-state index in [0.29, 0.717) is 22.6 Å². The number of aromatic nitrogens is 2. The number of halogens is 1. The molecule has 0 bridgehead atoms. The van der Waals surface area contributed by atoms with Gasteiger partial charge in [0.15, 0.2) is 5.75 Å². The third-order valence-electron chi connectivity index (χ3n) is 7.57. The van der Waals surface area contributed by atoms with E-state index in [1.54, 1.807) is 49.6 Å². The molecule has 1 N–H and O–H groups in total. The lowest BCUT2D eigenvalue weighted by atomic mass is 9.66. The number of nitrogens with zero attached hydrogens (tertiary/aromatic N) is 2. The Bertz CT molecular complexity index is 1610. The summed E-state index contributed by atoms with van der Waals surface area (Å²) in [6.07, 6.45) is 3.35. The average Bonchev–Trinajstić information content (AvgIpc) is 3.27. The topological polar surface area (TPSA) is 126 Å². The molecule has 3 heterocycles. The predicted molar refractivity (Wildman–Crippen MR) is 142 cm³/mol. The summed E-state index contributed by atoms with van der Waals surface area (Å²) in [6.45, 7) is 1.74. The van der Waals surface area contributed by atoms with Gasteiger partial charge in [0.2, 0.25) is 23.1 Å². The molecule has 1 aromatic heterocycles. The quantitative estimate of drug-likeness (QED) is 0.450. The third kappa shape index (κ3) is 3.82. The summed E-state index contributed by atoms with van der Waals surface area (Å²) in [5.74, 6) is -1.63. The monoisotopic (exact) mass is 561 g/mol. The van der Waals surface area contributed by atoms with E-state index in [4.69, 9.17) is 30.5 Å². The molecule has 1 aliphatic carbocycles. The molecule has 2 aliphatic heterocycles. The minimum absolute atomic E-state index is 0.000631. The number of benzene rings is 2. The standard InChI is InChI=1S/C29H24ClN3O7/c1-14-10-18-22(26(35)29(14)27(36)23-19(37-2)13-20(38-3)24(30)25(23)40-29)17(12-21(34)33-18)15-6-4-7-16(11-15)39-28-31-8-5-9-32-28/h4-9,11,13-14,17H,10,12H2,1-3H3,(H,33,34). The summed E-state index contributed by atoms with van der Waals surface area (Å²) in [6, 6.07) is 10.4. The molecule has 204 valence electrons. The van der Waals surface area contributed by atoms with Gasteiger partial charge in [0, 0.05) is 48.0 Å². The maximum Gasteiger partial charge on any atom is 0.321 e. The molecular formula is C29H24ClN3O7. The molecular weight excluding hydrogens is 538 g/mol. The summed E-state index contributed by atoms with van der Waals surface area (Å²) >= 11 is 6.55. The van der Waals surface area contributed by atoms with E-state index in [-0.39, 0.29) is 52.6 Å². The molecule has 2 aromatic carbocycles. The highest BCUT2D eigenvalue weighted by atomic mass is 35.5. The number of hydrogen-bond acceptors (Lipinski definition) is 9. The van der Waals surface area contributed by atoms with Gasteiger partial charge in [0.1, 0.15) is 27.8 Å². The fourth-order valence-corrected chi connectivity index (χ4v) is 5.98. The molecule has 6 rings (SSSR count). The number of ether oxygens (including phenoxy) is 4. The first kappa shape index (κ1) is 25.8. The minimum Gasteiger partial charge on any atom is -0.496 e. The number of carbonyl (C=O) groups is 3. The molecule has 0 fully saturated rings. The van der Waals surface area contributed by atoms with Crippen LogP contribution in [0.3, 0.4) is 0 Å². The van der Waals surface area contributed by atoms with Crippen LogP contribution >= 0.6 is 11.6 Å². The predicted octanol–water partition coefficient (Wildman–Crippen LogP) is 4.42. The highest BCUT2D eigenvalue weighted by Gasteiger charge is 2.63. The molecule has 1 amide bonds. The zero-order chi connectivity index (χ0) is 28.2. The summed E-state index contributed by atoms with van der Waals surface area (Å²) < 4.78 is 22.9. The normalized spacial score (nSPS) is 23.4. The van der Waals surface area contributed by atoms with Gasteiger partial charge in [-0.25, -0.2) is 9.97 Å². The maximum atomic E-state index is 14.5. The molecule has 0 saturated carbocycles. The fraction of sp³-hybridized carbons (Fsp3) is 0.276. The van der Waals surface area contributed by atoms with Crippen molar-refractivity contribution in [2.45, 2.75) is 31.3 Å². The molecule has 3 aromatic rings. The number of rotatable bonds is 5. The number of ketones is 2. The average molecular weight is 562 g/mol. The van der Waals surface area contributed by atoms with Crippen LogP contribution in [-0.2, 0) is 9.59 Å². The molecule has 3 atom stereocenters. The van der Waals surface area contributed by atoms with Crippen molar-refractivity contribution in [1.82, 2.24) is 15.3 Å². The number of amides is 1. The third-order valence-corrected chi connectivity index (χ3v) is 7.93. The van der Waals surface area contributed by atoms with Gasteiger partial charge in [-0.3, -0.25) is 14.4 Å². The SMILES string of the molecule is COc1cc(OC)c2c(c1Cl)OC1(C(=O)C3=C(CC1C)NC(=O)CC3c1cccc(Oc3ncccn3)c1)C2=O. The van der Waals surface area contributed by atoms with Gasteiger partial charge < -0.3 is 24.3 Å². The molecule has 0 saturated heterocycles. The van der Waals surface area contributed by atoms with Crippen LogP contribution < -0.4 is 24.3 Å². The zero-order valence-corrected chi connectivity index (χ0v) is 22.6. The van der Waals surface area contributed by atoms with E-state index in [0.717, 1.165) is 0 Å². The Morgan fingerprint density at radius 3 is 2.48 bits per heavy atom. The van der Waals surface area contributed by atoms with Crippen molar-refractivity contribution in [1.29, 1.82) is 0 Å². The van der Waals surface area contributed by atoms with E-state index < -0.39 is 29.0 Å². The van der Waals surface area contributed by atoms with E-state index in [1.807, 2.05) is 0 Å². The lowest BCUT2D eigenvalue weighted by molar-refractivity contribution is -0.131. The van der Waals surface area contributed by atoms with Crippen LogP contribution in [0.5, 0.6) is 29.0 Å². The second-order valence-corrected chi connectivity index (χ2v) is 10.2. The molecule has 10 nitrogen and oxygen atoms in total. The van der Waals surface area contributed by atoms with Crippen molar-refractivity contribution in [3.8, 4) is 29.0 Å². The lowest BCUT2D eigenvalue weighted by Gasteiger charge is -2.41. The second-order valence-electron chi connectivity index (χ2n) is 9.80. The molecule has 0 radical (unpaired) electrons. The Morgan fingerprint density at radius 2 is 1.75 bits per heavy atom. The zero-order valence-electron chi connectivity index (χ0n) is 21.8. The minimum atomic E-state index is -1.88. The van der Waals surface area contributed by atoms with E-state index in [9.17, 15) is 14.4 Å². The summed E-state index contributed by atoms with van der Waals surface area (Å²) in [5, 5.41) is 2.93. The number of fused-ring (bicyclic) bond motifs is 1. The van der Waals surface area contributed by atoms with Gasteiger partial charge in [-0.15, -0.1) is 0 Å². The molecule has 40 heavy (non-hydrogen) atoms. The molecule has 3 aliphatic rings. The fourth-order valence-electron chi connectivity index (χ4n) is 5.71. The first-order valence-electron chi connectivity index (χ1n) is 12.6. The molecule has 11 heteroatoms. The number of nitrogens with one attached hydrogen (secondary N) is 1. The number of carbonyl (C=O) groups excluding carboxylic acids is 3. The lowest BCUT2D eigenvalue weighted by Crippen LogP contribution is -2.59. The first-order valence-corrected chi connectivity index (χ1v) is 13.0. The van der Waals surface area contributed by atoms with Gasteiger partial charge in [0.05, 0.1) is 14.2 Å². The van der Waals surface area contributed by atoms with E-state index >= 15 is 0 Å². The molecule has 3 unspecified atom stereocenters. The summed E-state index contributed by atoms with van der Waals surface area (Å²) in [7, 11) is 2.85. The first-order chi connectivity index (χ1) is 19.3. The van der Waals surface area contributed by atoms with Gasteiger partial charge in [-0.05, 0) is 30.2 Å². The van der Waals surface area contributed by atoms with Crippen molar-refractivity contribution in [2.75, 3.05) is 14.2 Å². The Kier molecular flexibility index (Phi) is 6.22. The number of allylic oxidation sites excluding steroid dienone is 1. The highest BCUT2D eigenvalue weighted by molar-refractivity contribution is 6.36. The number of Topliss-reactive ketones (excluding diaryl/α,β-unsaturated/α-hetero) is 2. The van der Waals surface area contributed by atoms with Crippen LogP contribution in [0, 0.1) is 5.92 Å². The van der Waals surface area contributed by atoms with E-state index in [2.05, 4.69) is 15.3 Å². The highest BCUT2D eigenvalue weighted by Crippen LogP contribution is 2.55. The molecule has 1 spiro atoms. The Hall–Kier alpha value is -4.44. The van der Waals surface area contributed by atoms with Gasteiger partial charge in [0.25, 0.3) is 0 Å². The van der Waals surface area contributed by atoms with Crippen LogP contribution in [0.25, 0.3) is 0 Å². The van der Waals surface area contributed by atoms with Gasteiger partial charge >= 0.3 is 6.01 Å². The van der Waals surface area contributed by atoms with Gasteiger partial charge in [-0.2, -0.15) is 0 Å². The van der Waals surface area contributed by atoms with Crippen LogP contribution in [0.2, 0.25) is 5.02 Å². The van der Waals surface area contributed by atoms with Crippen molar-refractivity contribution >= 4 is 29.1 Å². The van der Waals surface area contributed by atoms with Crippen molar-refractivity contribution in [3.63, 3.8) is 0 Å². The van der Waals surface area contributed by atoms with Crippen LogP contribution in [0.1, 0.15) is 41.6 Å². The maximum absolute atomic E-state index is 14.5. The largest absolute Gasteiger partial charge is 0.496 e. The van der Waals surface area contributed by atoms with Gasteiger partial charge in [-0.1, -0.05) is 30.7 Å². The Morgan fingerprint density at radius 1 is 1.00 bits per heavy atom. The van der Waals surface area contributed by atoms with Crippen LogP contribution in [0.4, 0.5) is 0 Å². The van der Waals surface area contributed by atoms with Crippen molar-refractivity contribution in [2.24, 2.45) is 5.92 Å². The smallest absolute Gasteiger partial charge is 0.321 e. The van der Waals surface area contributed by atoms with Crippen LogP contribution in [0.15, 0.2) is 60.1 Å². The number of methoxy groups -OCH3 is 2. The summed E-state index contributed by atoms with van der Waals surface area (Å²) in [5.41, 5.74) is -0.336. The summed E-state index contributed by atoms with van der Waals surface area (Å²) in [4.78, 5) is 49.5. The van der Waals surface area contributed by atoms with Crippen molar-refractivity contribution in [3.05, 3.63) is 76.2 Å². The van der Waals surface area contributed by atoms with E-state index in [1.165, 1.54) is 20.3 Å². The second kappa shape index (κ2) is 9.63. The van der Waals surface area contributed by atoms with Crippen LogP contribution in [-0.4, -0.2) is 47.3 Å². The van der Waals surface area contributed by atoms with Crippen molar-refractivity contribution < 1.29 is 33.3 Å².